The fourth-order valence-electron chi connectivity index (χ4n) is 2.24. The largest absolute Gasteiger partial charge is 0.370 e. The Morgan fingerprint density at radius 1 is 1.56 bits per heavy atom. The van der Waals surface area contributed by atoms with E-state index < -0.39 is 0 Å². The standard InChI is InChI=1S/C13H15Cl2N3/c1-3-6-18-12(16)17-8-13(18,2)10-5-4-9(14)7-11(10)15/h3-5,7H,1,6,8H2,2H3,(H2,16,17). The average Bonchev–Trinajstić information content (AvgIpc) is 2.58. The number of aliphatic imine (C=N–C) groups is 1. The third-order valence-corrected chi connectivity index (χ3v) is 3.79. The van der Waals surface area contributed by atoms with E-state index in [2.05, 4.69) is 18.5 Å². The zero-order valence-electron chi connectivity index (χ0n) is 10.2. The van der Waals surface area contributed by atoms with Crippen LogP contribution in [0.3, 0.4) is 0 Å². The monoisotopic (exact) mass is 283 g/mol. The van der Waals surface area contributed by atoms with Gasteiger partial charge in [0.15, 0.2) is 5.96 Å². The van der Waals surface area contributed by atoms with Crippen LogP contribution in [0.15, 0.2) is 35.8 Å². The van der Waals surface area contributed by atoms with Crippen LogP contribution < -0.4 is 5.73 Å². The number of benzene rings is 1. The van der Waals surface area contributed by atoms with Gasteiger partial charge in [0, 0.05) is 16.6 Å². The van der Waals surface area contributed by atoms with E-state index in [1.54, 1.807) is 12.1 Å². The minimum Gasteiger partial charge on any atom is -0.370 e. The molecule has 0 fully saturated rings. The summed E-state index contributed by atoms with van der Waals surface area (Å²) >= 11 is 12.2. The van der Waals surface area contributed by atoms with Gasteiger partial charge in [-0.25, -0.2) is 0 Å². The van der Waals surface area contributed by atoms with Crippen molar-refractivity contribution < 1.29 is 0 Å². The molecule has 1 aromatic rings. The highest BCUT2D eigenvalue weighted by molar-refractivity contribution is 6.35. The minimum atomic E-state index is -0.347. The predicted octanol–water partition coefficient (Wildman–Crippen LogP) is 3.02. The summed E-state index contributed by atoms with van der Waals surface area (Å²) in [7, 11) is 0. The molecule has 1 atom stereocenters. The van der Waals surface area contributed by atoms with Crippen molar-refractivity contribution in [3.05, 3.63) is 46.5 Å². The number of guanidine groups is 1. The van der Waals surface area contributed by atoms with Crippen LogP contribution in [-0.4, -0.2) is 23.9 Å². The van der Waals surface area contributed by atoms with E-state index in [1.807, 2.05) is 17.0 Å². The third-order valence-electron chi connectivity index (χ3n) is 3.24. The molecule has 1 aromatic carbocycles. The number of hydrogen-bond acceptors (Lipinski definition) is 3. The molecule has 0 aromatic heterocycles. The summed E-state index contributed by atoms with van der Waals surface area (Å²) in [6.07, 6.45) is 1.80. The second kappa shape index (κ2) is 4.82. The first-order valence-corrected chi connectivity index (χ1v) is 6.38. The van der Waals surface area contributed by atoms with Gasteiger partial charge in [-0.1, -0.05) is 35.3 Å². The molecule has 0 spiro atoms. The lowest BCUT2D eigenvalue weighted by Gasteiger charge is -2.36. The molecule has 1 aliphatic heterocycles. The van der Waals surface area contributed by atoms with E-state index in [4.69, 9.17) is 28.9 Å². The number of hydrogen-bond donors (Lipinski definition) is 1. The van der Waals surface area contributed by atoms with Gasteiger partial charge in [0.2, 0.25) is 0 Å². The highest BCUT2D eigenvalue weighted by Gasteiger charge is 2.40. The van der Waals surface area contributed by atoms with Gasteiger partial charge in [0.1, 0.15) is 0 Å². The Morgan fingerprint density at radius 2 is 2.28 bits per heavy atom. The van der Waals surface area contributed by atoms with Crippen molar-refractivity contribution in [1.82, 2.24) is 4.90 Å². The summed E-state index contributed by atoms with van der Waals surface area (Å²) in [5, 5.41) is 1.25. The average molecular weight is 284 g/mol. The quantitative estimate of drug-likeness (QED) is 0.867. The summed E-state index contributed by atoms with van der Waals surface area (Å²) in [5.41, 5.74) is 6.54. The van der Waals surface area contributed by atoms with Crippen molar-refractivity contribution in [3.8, 4) is 0 Å². The molecule has 0 aliphatic carbocycles. The topological polar surface area (TPSA) is 41.6 Å². The zero-order chi connectivity index (χ0) is 13.3. The third kappa shape index (κ3) is 2.08. The van der Waals surface area contributed by atoms with Crippen molar-refractivity contribution in [1.29, 1.82) is 0 Å². The van der Waals surface area contributed by atoms with Gasteiger partial charge in [0.25, 0.3) is 0 Å². The molecule has 96 valence electrons. The maximum Gasteiger partial charge on any atom is 0.192 e. The number of rotatable bonds is 3. The van der Waals surface area contributed by atoms with Crippen LogP contribution in [0.5, 0.6) is 0 Å². The molecule has 5 heteroatoms. The van der Waals surface area contributed by atoms with Crippen LogP contribution in [0.4, 0.5) is 0 Å². The molecule has 18 heavy (non-hydrogen) atoms. The van der Waals surface area contributed by atoms with Gasteiger partial charge in [-0.2, -0.15) is 0 Å². The number of halogens is 2. The molecule has 0 saturated carbocycles. The molecule has 2 N–H and O–H groups in total. The first-order chi connectivity index (χ1) is 8.49. The highest BCUT2D eigenvalue weighted by Crippen LogP contribution is 2.37. The van der Waals surface area contributed by atoms with Crippen LogP contribution in [0.2, 0.25) is 10.0 Å². The second-order valence-corrected chi connectivity index (χ2v) is 5.32. The number of nitrogens with zero attached hydrogens (tertiary/aromatic N) is 2. The maximum atomic E-state index is 6.28. The summed E-state index contributed by atoms with van der Waals surface area (Å²) < 4.78 is 0. The molecule has 0 amide bonds. The lowest BCUT2D eigenvalue weighted by Crippen LogP contribution is -2.47. The van der Waals surface area contributed by atoms with Gasteiger partial charge in [-0.3, -0.25) is 4.99 Å². The Hall–Kier alpha value is -1.19. The second-order valence-electron chi connectivity index (χ2n) is 4.47. The smallest absolute Gasteiger partial charge is 0.192 e. The normalized spacial score (nSPS) is 23.1. The van der Waals surface area contributed by atoms with E-state index in [1.165, 1.54) is 0 Å². The summed E-state index contributed by atoms with van der Waals surface area (Å²) in [6.45, 7) is 7.02. The molecule has 3 nitrogen and oxygen atoms in total. The van der Waals surface area contributed by atoms with Crippen LogP contribution in [0.25, 0.3) is 0 Å². The highest BCUT2D eigenvalue weighted by atomic mass is 35.5. The Labute approximate surface area is 117 Å². The lowest BCUT2D eigenvalue weighted by atomic mass is 9.91. The first-order valence-electron chi connectivity index (χ1n) is 5.63. The molecule has 1 heterocycles. The zero-order valence-corrected chi connectivity index (χ0v) is 11.7. The molecule has 2 rings (SSSR count). The summed E-state index contributed by atoms with van der Waals surface area (Å²) in [6, 6.07) is 5.49. The molecular formula is C13H15Cl2N3. The fourth-order valence-corrected chi connectivity index (χ4v) is 2.85. The van der Waals surface area contributed by atoms with E-state index in [0.717, 1.165) is 5.56 Å². The van der Waals surface area contributed by atoms with Gasteiger partial charge in [-0.15, -0.1) is 6.58 Å². The van der Waals surface area contributed by atoms with Crippen molar-refractivity contribution in [2.24, 2.45) is 10.7 Å². The molecular weight excluding hydrogens is 269 g/mol. The van der Waals surface area contributed by atoms with E-state index in [9.17, 15) is 0 Å². The lowest BCUT2D eigenvalue weighted by molar-refractivity contribution is 0.245. The minimum absolute atomic E-state index is 0.347. The predicted molar refractivity (Wildman–Crippen MR) is 77.2 cm³/mol. The van der Waals surface area contributed by atoms with Crippen LogP contribution in [-0.2, 0) is 5.54 Å². The number of nitrogens with two attached hydrogens (primary N) is 1. The Bertz CT molecular complexity index is 513. The van der Waals surface area contributed by atoms with Crippen molar-refractivity contribution in [2.75, 3.05) is 13.1 Å². The van der Waals surface area contributed by atoms with Crippen molar-refractivity contribution in [3.63, 3.8) is 0 Å². The first kappa shape index (κ1) is 13.2. The maximum absolute atomic E-state index is 6.28. The van der Waals surface area contributed by atoms with Gasteiger partial charge in [0.05, 0.1) is 12.1 Å². The Balaban J connectivity index is 2.45. The van der Waals surface area contributed by atoms with Gasteiger partial charge in [-0.05, 0) is 24.6 Å². The van der Waals surface area contributed by atoms with E-state index >= 15 is 0 Å². The molecule has 0 bridgehead atoms. The van der Waals surface area contributed by atoms with Crippen LogP contribution in [0.1, 0.15) is 12.5 Å². The molecule has 1 aliphatic rings. The Kier molecular flexibility index (Phi) is 3.55. The van der Waals surface area contributed by atoms with E-state index in [0.29, 0.717) is 29.1 Å². The molecule has 1 unspecified atom stereocenters. The van der Waals surface area contributed by atoms with Crippen molar-refractivity contribution in [2.45, 2.75) is 12.5 Å². The summed E-state index contributed by atoms with van der Waals surface area (Å²) in [5.74, 6) is 0.517. The SMILES string of the molecule is C=CCN1C(N)=NCC1(C)c1ccc(Cl)cc1Cl. The van der Waals surface area contributed by atoms with Crippen LogP contribution >= 0.6 is 23.2 Å². The van der Waals surface area contributed by atoms with Crippen LogP contribution in [0, 0.1) is 0 Å². The molecule has 0 radical (unpaired) electrons. The fraction of sp³-hybridized carbons (Fsp3) is 0.308. The summed E-state index contributed by atoms with van der Waals surface area (Å²) in [4.78, 5) is 6.31. The Morgan fingerprint density at radius 3 is 2.89 bits per heavy atom. The van der Waals surface area contributed by atoms with E-state index in [-0.39, 0.29) is 5.54 Å². The van der Waals surface area contributed by atoms with Gasteiger partial charge >= 0.3 is 0 Å². The van der Waals surface area contributed by atoms with Crippen molar-refractivity contribution >= 4 is 29.2 Å². The van der Waals surface area contributed by atoms with Gasteiger partial charge < -0.3 is 10.6 Å². The molecule has 0 saturated heterocycles.